The van der Waals surface area contributed by atoms with Crippen molar-refractivity contribution in [1.82, 2.24) is 0 Å². The lowest BCUT2D eigenvalue weighted by Crippen LogP contribution is -2.08. The second-order valence-electron chi connectivity index (χ2n) is 7.64. The van der Waals surface area contributed by atoms with Crippen molar-refractivity contribution in [3.05, 3.63) is 42.5 Å². The van der Waals surface area contributed by atoms with Gasteiger partial charge >= 0.3 is 0 Å². The molecule has 0 saturated heterocycles. The van der Waals surface area contributed by atoms with E-state index in [9.17, 15) is 8.42 Å². The van der Waals surface area contributed by atoms with E-state index in [1.165, 1.54) is 57.8 Å². The molecule has 2 aromatic carbocycles. The van der Waals surface area contributed by atoms with E-state index in [4.69, 9.17) is 8.98 Å². The quantitative estimate of drug-likeness (QED) is 0.222. The van der Waals surface area contributed by atoms with Crippen LogP contribution in [-0.4, -0.2) is 21.8 Å². The van der Waals surface area contributed by atoms with E-state index in [1.54, 1.807) is 12.1 Å². The summed E-state index contributed by atoms with van der Waals surface area (Å²) in [4.78, 5) is 8.27. The minimum atomic E-state index is -3.70. The summed E-state index contributed by atoms with van der Waals surface area (Å²) in [7, 11) is -3.70. The molecule has 0 aliphatic rings. The van der Waals surface area contributed by atoms with Crippen molar-refractivity contribution in [2.75, 3.05) is 6.61 Å². The molecule has 0 aliphatic heterocycles. The Labute approximate surface area is 183 Å². The Bertz CT molecular complexity index is 796. The molecule has 2 rings (SSSR count). The number of fused-ring (bicyclic) bond motifs is 1. The van der Waals surface area contributed by atoms with Crippen molar-refractivity contribution in [1.29, 1.82) is 0 Å². The van der Waals surface area contributed by atoms with Crippen LogP contribution in [0.15, 0.2) is 47.4 Å². The Morgan fingerprint density at radius 2 is 1.20 bits per heavy atom. The summed E-state index contributed by atoms with van der Waals surface area (Å²) in [5, 5.41) is 1.64. The summed E-state index contributed by atoms with van der Waals surface area (Å²) >= 11 is 0. The van der Waals surface area contributed by atoms with Crippen LogP contribution in [0.5, 0.6) is 0 Å². The van der Waals surface area contributed by atoms with Crippen LogP contribution in [0.2, 0.25) is 0 Å². The maximum absolute atomic E-state index is 12.5. The fourth-order valence-electron chi connectivity index (χ4n) is 3.59. The summed E-state index contributed by atoms with van der Waals surface area (Å²) in [6.45, 7) is 4.52. The molecule has 0 amide bonds. The molecule has 4 nitrogen and oxygen atoms in total. The lowest BCUT2D eigenvalue weighted by molar-refractivity contribution is -0.0980. The standard InChI is InChI=1S/C24H36O3S.CH2O/c1-2-3-4-5-6-7-8-9-10-11-12-15-21-27-28(25,26)24-20-16-18-22-17-13-14-19-23(22)24;1-2/h13-14,16-20H,2-12,15,21H2,1H3;1H2. The third-order valence-corrected chi connectivity index (χ3v) is 6.63. The van der Waals surface area contributed by atoms with Gasteiger partial charge in [0.25, 0.3) is 10.1 Å². The first kappa shape index (κ1) is 26.3. The molecule has 0 bridgehead atoms. The Hall–Kier alpha value is -1.72. The van der Waals surface area contributed by atoms with Crippen LogP contribution in [0.3, 0.4) is 0 Å². The average Bonchev–Trinajstić information content (AvgIpc) is 2.78. The highest BCUT2D eigenvalue weighted by molar-refractivity contribution is 7.87. The van der Waals surface area contributed by atoms with E-state index >= 15 is 0 Å². The van der Waals surface area contributed by atoms with Crippen LogP contribution in [0.4, 0.5) is 0 Å². The zero-order valence-corrected chi connectivity index (χ0v) is 19.3. The summed E-state index contributed by atoms with van der Waals surface area (Å²) in [6.07, 6.45) is 15.0. The molecule has 0 saturated carbocycles. The molecule has 5 heteroatoms. The Kier molecular flexibility index (Phi) is 14.1. The van der Waals surface area contributed by atoms with Crippen LogP contribution >= 0.6 is 0 Å². The third-order valence-electron chi connectivity index (χ3n) is 5.26. The van der Waals surface area contributed by atoms with E-state index < -0.39 is 10.1 Å². The number of hydrogen-bond acceptors (Lipinski definition) is 4. The topological polar surface area (TPSA) is 60.4 Å². The fourth-order valence-corrected chi connectivity index (χ4v) is 4.75. The molecule has 0 aliphatic carbocycles. The Morgan fingerprint density at radius 1 is 0.700 bits per heavy atom. The van der Waals surface area contributed by atoms with Crippen LogP contribution in [0, 0.1) is 0 Å². The fraction of sp³-hybridized carbons (Fsp3) is 0.560. The first-order chi connectivity index (χ1) is 14.6. The third kappa shape index (κ3) is 9.86. The second-order valence-corrected chi connectivity index (χ2v) is 9.23. The van der Waals surface area contributed by atoms with Crippen LogP contribution in [-0.2, 0) is 19.1 Å². The molecule has 168 valence electrons. The van der Waals surface area contributed by atoms with Crippen molar-refractivity contribution >= 4 is 27.7 Å². The van der Waals surface area contributed by atoms with Crippen LogP contribution in [0.1, 0.15) is 84.0 Å². The van der Waals surface area contributed by atoms with Gasteiger partial charge in [0.1, 0.15) is 11.7 Å². The van der Waals surface area contributed by atoms with Crippen molar-refractivity contribution in [2.24, 2.45) is 0 Å². The van der Waals surface area contributed by atoms with Crippen molar-refractivity contribution < 1.29 is 17.4 Å². The molecule has 0 unspecified atom stereocenters. The molecule has 0 spiro atoms. The van der Waals surface area contributed by atoms with Gasteiger partial charge in [0, 0.05) is 5.39 Å². The molecule has 2 aromatic rings. The average molecular weight is 435 g/mol. The second kappa shape index (κ2) is 16.0. The lowest BCUT2D eigenvalue weighted by Gasteiger charge is -2.08. The Balaban J connectivity index is 0.00000218. The van der Waals surface area contributed by atoms with Gasteiger partial charge in [0.15, 0.2) is 0 Å². The highest BCUT2D eigenvalue weighted by atomic mass is 32.2. The van der Waals surface area contributed by atoms with Crippen molar-refractivity contribution in [3.63, 3.8) is 0 Å². The molecule has 0 atom stereocenters. The zero-order chi connectivity index (χ0) is 22.1. The molecular formula is C25H38O4S. The van der Waals surface area contributed by atoms with E-state index in [0.29, 0.717) is 0 Å². The van der Waals surface area contributed by atoms with Gasteiger partial charge < -0.3 is 4.79 Å². The predicted molar refractivity (Wildman–Crippen MR) is 125 cm³/mol. The molecule has 0 radical (unpaired) electrons. The smallest absolute Gasteiger partial charge is 0.297 e. The maximum atomic E-state index is 12.5. The van der Waals surface area contributed by atoms with E-state index in [2.05, 4.69) is 6.92 Å². The van der Waals surface area contributed by atoms with Crippen LogP contribution < -0.4 is 0 Å². The van der Waals surface area contributed by atoms with Gasteiger partial charge in [-0.3, -0.25) is 4.18 Å². The first-order valence-electron chi connectivity index (χ1n) is 11.3. The van der Waals surface area contributed by atoms with Gasteiger partial charge in [-0.25, -0.2) is 0 Å². The van der Waals surface area contributed by atoms with Crippen LogP contribution in [0.25, 0.3) is 10.8 Å². The number of carbonyl (C=O) groups excluding carboxylic acids is 1. The summed E-state index contributed by atoms with van der Waals surface area (Å²) in [5.74, 6) is 0. The maximum Gasteiger partial charge on any atom is 0.297 e. The van der Waals surface area contributed by atoms with E-state index in [1.807, 2.05) is 37.1 Å². The molecule has 0 aromatic heterocycles. The van der Waals surface area contributed by atoms with Gasteiger partial charge in [-0.2, -0.15) is 8.42 Å². The number of hydrogen-bond donors (Lipinski definition) is 0. The van der Waals surface area contributed by atoms with Gasteiger partial charge in [0.2, 0.25) is 0 Å². The molecular weight excluding hydrogens is 396 g/mol. The summed E-state index contributed by atoms with van der Waals surface area (Å²) in [6, 6.07) is 12.8. The largest absolute Gasteiger partial charge is 0.307 e. The molecule has 0 fully saturated rings. The van der Waals surface area contributed by atoms with Gasteiger partial charge in [0.05, 0.1) is 6.61 Å². The zero-order valence-electron chi connectivity index (χ0n) is 18.5. The number of rotatable bonds is 15. The Morgan fingerprint density at radius 3 is 1.80 bits per heavy atom. The number of carbonyl (C=O) groups is 1. The minimum absolute atomic E-state index is 0.267. The highest BCUT2D eigenvalue weighted by Gasteiger charge is 2.17. The minimum Gasteiger partial charge on any atom is -0.307 e. The highest BCUT2D eigenvalue weighted by Crippen LogP contribution is 2.24. The normalized spacial score (nSPS) is 11.2. The number of benzene rings is 2. The molecule has 0 heterocycles. The molecule has 0 N–H and O–H groups in total. The summed E-state index contributed by atoms with van der Waals surface area (Å²) in [5.41, 5.74) is 0. The SMILES string of the molecule is C=O.CCCCCCCCCCCCCCOS(=O)(=O)c1cccc2ccccc12. The summed E-state index contributed by atoms with van der Waals surface area (Å²) < 4.78 is 30.3. The predicted octanol–water partition coefficient (Wildman–Crippen LogP) is 7.06. The van der Waals surface area contributed by atoms with Gasteiger partial charge in [-0.1, -0.05) is 114 Å². The molecule has 30 heavy (non-hydrogen) atoms. The van der Waals surface area contributed by atoms with E-state index in [0.717, 1.165) is 30.0 Å². The van der Waals surface area contributed by atoms with Crippen molar-refractivity contribution in [3.8, 4) is 0 Å². The first-order valence-corrected chi connectivity index (χ1v) is 12.7. The van der Waals surface area contributed by atoms with Crippen molar-refractivity contribution in [2.45, 2.75) is 88.9 Å². The lowest BCUT2D eigenvalue weighted by atomic mass is 10.1. The number of unbranched alkanes of at least 4 members (excludes halogenated alkanes) is 11. The van der Waals surface area contributed by atoms with Gasteiger partial charge in [-0.05, 0) is 17.9 Å². The monoisotopic (exact) mass is 434 g/mol. The van der Waals surface area contributed by atoms with E-state index in [-0.39, 0.29) is 11.5 Å². The van der Waals surface area contributed by atoms with Gasteiger partial charge in [-0.15, -0.1) is 0 Å².